The predicted octanol–water partition coefficient (Wildman–Crippen LogP) is 3.56. The van der Waals surface area contributed by atoms with Gasteiger partial charge in [-0.15, -0.1) is 0 Å². The van der Waals surface area contributed by atoms with Crippen LogP contribution in [-0.4, -0.2) is 11.0 Å². The van der Waals surface area contributed by atoms with Crippen molar-refractivity contribution in [1.82, 2.24) is 4.98 Å². The van der Waals surface area contributed by atoms with Gasteiger partial charge in [0, 0.05) is 18.4 Å². The first kappa shape index (κ1) is 14.2. The van der Waals surface area contributed by atoms with E-state index in [1.165, 1.54) is 31.2 Å². The second-order valence-electron chi connectivity index (χ2n) is 4.97. The Labute approximate surface area is 106 Å². The molecule has 0 aliphatic heterocycles. The highest BCUT2D eigenvalue weighted by Crippen LogP contribution is 2.19. The summed E-state index contributed by atoms with van der Waals surface area (Å²) in [6.07, 6.45) is 11.0. The number of rotatable bonds is 8. The van der Waals surface area contributed by atoms with Crippen molar-refractivity contribution in [2.45, 2.75) is 58.4 Å². The number of hydrogen-bond acceptors (Lipinski definition) is 2. The highest BCUT2D eigenvalue weighted by Gasteiger charge is 2.12. The minimum atomic E-state index is 0.291. The molecule has 0 fully saturated rings. The summed E-state index contributed by atoms with van der Waals surface area (Å²) in [6, 6.07) is 4.42. The lowest BCUT2D eigenvalue weighted by Crippen LogP contribution is -2.26. The van der Waals surface area contributed by atoms with Gasteiger partial charge in [0.2, 0.25) is 0 Å². The minimum Gasteiger partial charge on any atom is -0.327 e. The summed E-state index contributed by atoms with van der Waals surface area (Å²) < 4.78 is 0. The number of nitrogens with zero attached hydrogens (tertiary/aromatic N) is 1. The molecule has 0 bridgehead atoms. The van der Waals surface area contributed by atoms with E-state index in [1.807, 2.05) is 12.4 Å². The van der Waals surface area contributed by atoms with Crippen LogP contribution in [0.3, 0.4) is 0 Å². The van der Waals surface area contributed by atoms with Crippen molar-refractivity contribution < 1.29 is 0 Å². The fraction of sp³-hybridized carbons (Fsp3) is 0.667. The molecule has 0 radical (unpaired) electrons. The van der Waals surface area contributed by atoms with Crippen LogP contribution in [0, 0.1) is 5.92 Å². The van der Waals surface area contributed by atoms with Gasteiger partial charge in [-0.2, -0.15) is 0 Å². The highest BCUT2D eigenvalue weighted by molar-refractivity contribution is 5.11. The lowest BCUT2D eigenvalue weighted by Gasteiger charge is -2.19. The minimum absolute atomic E-state index is 0.291. The molecular weight excluding hydrogens is 208 g/mol. The third-order valence-corrected chi connectivity index (χ3v) is 3.43. The Balaban J connectivity index is 2.34. The van der Waals surface area contributed by atoms with Crippen molar-refractivity contribution in [2.75, 3.05) is 0 Å². The van der Waals surface area contributed by atoms with Gasteiger partial charge >= 0.3 is 0 Å². The van der Waals surface area contributed by atoms with E-state index < -0.39 is 0 Å². The van der Waals surface area contributed by atoms with Crippen LogP contribution in [-0.2, 0) is 6.42 Å². The van der Waals surface area contributed by atoms with Crippen molar-refractivity contribution in [1.29, 1.82) is 0 Å². The predicted molar refractivity (Wildman–Crippen MR) is 73.8 cm³/mol. The number of hydrogen-bond donors (Lipinski definition) is 1. The molecule has 0 saturated heterocycles. The van der Waals surface area contributed by atoms with Gasteiger partial charge in [0.15, 0.2) is 0 Å². The number of pyridine rings is 1. The first-order valence-electron chi connectivity index (χ1n) is 6.90. The summed E-state index contributed by atoms with van der Waals surface area (Å²) in [6.45, 7) is 4.53. The summed E-state index contributed by atoms with van der Waals surface area (Å²) in [7, 11) is 0. The maximum absolute atomic E-state index is 6.23. The van der Waals surface area contributed by atoms with Gasteiger partial charge < -0.3 is 5.73 Å². The first-order valence-corrected chi connectivity index (χ1v) is 6.90. The van der Waals surface area contributed by atoms with Crippen LogP contribution in [0.25, 0.3) is 0 Å². The quantitative estimate of drug-likeness (QED) is 0.747. The van der Waals surface area contributed by atoms with Crippen LogP contribution in [0.4, 0.5) is 0 Å². The maximum Gasteiger partial charge on any atom is 0.0270 e. The smallest absolute Gasteiger partial charge is 0.0270 e. The average Bonchev–Trinajstić information content (AvgIpc) is 2.35. The molecule has 1 heterocycles. The van der Waals surface area contributed by atoms with E-state index in [9.17, 15) is 0 Å². The van der Waals surface area contributed by atoms with Gasteiger partial charge in [-0.05, 0) is 36.5 Å². The standard InChI is InChI=1S/C15H26N2/c1-3-5-6-13(4-2)11-15(16)12-14-7-9-17-10-8-14/h7-10,13,15H,3-6,11-12,16H2,1-2H3. The van der Waals surface area contributed by atoms with Crippen LogP contribution in [0.1, 0.15) is 51.5 Å². The van der Waals surface area contributed by atoms with Crippen molar-refractivity contribution in [2.24, 2.45) is 11.7 Å². The molecule has 1 aromatic rings. The third kappa shape index (κ3) is 5.83. The molecule has 0 saturated carbocycles. The van der Waals surface area contributed by atoms with E-state index in [0.717, 1.165) is 18.8 Å². The molecule has 2 heteroatoms. The molecule has 2 nitrogen and oxygen atoms in total. The maximum atomic E-state index is 6.23. The second-order valence-corrected chi connectivity index (χ2v) is 4.97. The summed E-state index contributed by atoms with van der Waals surface area (Å²) in [5, 5.41) is 0. The molecule has 1 rings (SSSR count). The Hall–Kier alpha value is -0.890. The first-order chi connectivity index (χ1) is 8.26. The number of unbranched alkanes of at least 4 members (excludes halogenated alkanes) is 1. The van der Waals surface area contributed by atoms with E-state index in [1.54, 1.807) is 0 Å². The zero-order chi connectivity index (χ0) is 12.5. The van der Waals surface area contributed by atoms with E-state index in [-0.39, 0.29) is 0 Å². The van der Waals surface area contributed by atoms with Gasteiger partial charge in [-0.1, -0.05) is 39.5 Å². The highest BCUT2D eigenvalue weighted by atomic mass is 14.6. The molecule has 17 heavy (non-hydrogen) atoms. The normalized spacial score (nSPS) is 14.5. The molecule has 0 aromatic carbocycles. The van der Waals surface area contributed by atoms with Gasteiger partial charge in [0.05, 0.1) is 0 Å². The summed E-state index contributed by atoms with van der Waals surface area (Å²) in [5.74, 6) is 0.798. The molecule has 96 valence electrons. The fourth-order valence-electron chi connectivity index (χ4n) is 2.31. The number of aromatic nitrogens is 1. The van der Waals surface area contributed by atoms with Crippen molar-refractivity contribution in [3.05, 3.63) is 30.1 Å². The van der Waals surface area contributed by atoms with Crippen molar-refractivity contribution in [3.8, 4) is 0 Å². The fourth-order valence-corrected chi connectivity index (χ4v) is 2.31. The lowest BCUT2D eigenvalue weighted by atomic mass is 9.90. The number of nitrogens with two attached hydrogens (primary N) is 1. The van der Waals surface area contributed by atoms with Crippen LogP contribution in [0.2, 0.25) is 0 Å². The van der Waals surface area contributed by atoms with E-state index >= 15 is 0 Å². The van der Waals surface area contributed by atoms with Crippen LogP contribution < -0.4 is 5.73 Å². The summed E-state index contributed by atoms with van der Waals surface area (Å²) in [4.78, 5) is 4.03. The van der Waals surface area contributed by atoms with Gasteiger partial charge in [-0.3, -0.25) is 4.98 Å². The Morgan fingerprint density at radius 3 is 2.53 bits per heavy atom. The van der Waals surface area contributed by atoms with Crippen molar-refractivity contribution in [3.63, 3.8) is 0 Å². The Bertz CT molecular complexity index is 284. The molecule has 0 amide bonds. The van der Waals surface area contributed by atoms with Gasteiger partial charge in [0.1, 0.15) is 0 Å². The summed E-state index contributed by atoms with van der Waals surface area (Å²) >= 11 is 0. The molecule has 2 N–H and O–H groups in total. The second kappa shape index (κ2) is 8.24. The topological polar surface area (TPSA) is 38.9 Å². The van der Waals surface area contributed by atoms with E-state index in [0.29, 0.717) is 6.04 Å². The van der Waals surface area contributed by atoms with Crippen LogP contribution in [0.5, 0.6) is 0 Å². The average molecular weight is 234 g/mol. The molecular formula is C15H26N2. The zero-order valence-electron chi connectivity index (χ0n) is 11.2. The van der Waals surface area contributed by atoms with E-state index in [2.05, 4.69) is 31.0 Å². The molecule has 0 aliphatic carbocycles. The molecule has 2 atom stereocenters. The van der Waals surface area contributed by atoms with Gasteiger partial charge in [0.25, 0.3) is 0 Å². The van der Waals surface area contributed by atoms with Crippen molar-refractivity contribution >= 4 is 0 Å². The SMILES string of the molecule is CCCCC(CC)CC(N)Cc1ccncc1. The van der Waals surface area contributed by atoms with Gasteiger partial charge in [-0.25, -0.2) is 0 Å². The zero-order valence-corrected chi connectivity index (χ0v) is 11.2. The molecule has 0 spiro atoms. The molecule has 1 aromatic heterocycles. The molecule has 2 unspecified atom stereocenters. The largest absolute Gasteiger partial charge is 0.327 e. The van der Waals surface area contributed by atoms with Crippen LogP contribution >= 0.6 is 0 Å². The summed E-state index contributed by atoms with van der Waals surface area (Å²) in [5.41, 5.74) is 7.54. The Morgan fingerprint density at radius 2 is 1.94 bits per heavy atom. The Morgan fingerprint density at radius 1 is 1.24 bits per heavy atom. The lowest BCUT2D eigenvalue weighted by molar-refractivity contribution is 0.383. The monoisotopic (exact) mass is 234 g/mol. The Kier molecular flexibility index (Phi) is 6.87. The third-order valence-electron chi connectivity index (χ3n) is 3.43. The van der Waals surface area contributed by atoms with E-state index in [4.69, 9.17) is 5.73 Å². The van der Waals surface area contributed by atoms with Crippen LogP contribution in [0.15, 0.2) is 24.5 Å². The molecule has 0 aliphatic rings.